The van der Waals surface area contributed by atoms with Gasteiger partial charge in [-0.05, 0) is 37.5 Å². The van der Waals surface area contributed by atoms with Crippen molar-refractivity contribution in [2.24, 2.45) is 11.7 Å². The molecule has 3 N–H and O–H groups in total. The van der Waals surface area contributed by atoms with Crippen molar-refractivity contribution in [2.75, 3.05) is 13.2 Å². The summed E-state index contributed by atoms with van der Waals surface area (Å²) in [7, 11) is 0. The van der Waals surface area contributed by atoms with Gasteiger partial charge in [0, 0.05) is 17.0 Å². The maximum absolute atomic E-state index is 11.8. The number of halogens is 2. The molecular weight excluding hydrogens is 299 g/mol. The lowest BCUT2D eigenvalue weighted by molar-refractivity contribution is -0.124. The summed E-state index contributed by atoms with van der Waals surface area (Å²) >= 11 is 5.85. The van der Waals surface area contributed by atoms with Crippen LogP contribution in [0.2, 0.25) is 5.02 Å². The van der Waals surface area contributed by atoms with Gasteiger partial charge in [-0.15, -0.1) is 12.4 Å². The van der Waals surface area contributed by atoms with Crippen molar-refractivity contribution in [3.05, 3.63) is 29.3 Å². The molecule has 0 aliphatic heterocycles. The maximum Gasteiger partial charge on any atom is 0.223 e. The quantitative estimate of drug-likeness (QED) is 0.819. The fraction of sp³-hybridized carbons (Fsp3) is 0.500. The third kappa shape index (κ3) is 5.19. The monoisotopic (exact) mass is 318 g/mol. The van der Waals surface area contributed by atoms with E-state index in [4.69, 9.17) is 22.1 Å². The second kappa shape index (κ2) is 8.35. The third-order valence-electron chi connectivity index (χ3n) is 3.31. The van der Waals surface area contributed by atoms with Crippen LogP contribution in [0, 0.1) is 5.92 Å². The Balaban J connectivity index is 0.00000200. The van der Waals surface area contributed by atoms with Gasteiger partial charge >= 0.3 is 0 Å². The van der Waals surface area contributed by atoms with Gasteiger partial charge < -0.3 is 15.8 Å². The van der Waals surface area contributed by atoms with Crippen molar-refractivity contribution in [1.29, 1.82) is 0 Å². The molecule has 1 aliphatic rings. The number of carbonyl (C=O) groups excluding carboxylic acids is 1. The number of rotatable bonds is 5. The lowest BCUT2D eigenvalue weighted by Gasteiger charge is -2.11. The molecule has 0 spiro atoms. The van der Waals surface area contributed by atoms with Gasteiger partial charge in [0.05, 0.1) is 6.54 Å². The SMILES string of the molecule is Cl.NC1CCC(C(=O)NCCOc2cccc(Cl)c2)C1. The van der Waals surface area contributed by atoms with Gasteiger partial charge in [0.2, 0.25) is 5.91 Å². The van der Waals surface area contributed by atoms with Gasteiger partial charge in [-0.25, -0.2) is 0 Å². The van der Waals surface area contributed by atoms with Gasteiger partial charge in [0.15, 0.2) is 0 Å². The molecule has 4 nitrogen and oxygen atoms in total. The van der Waals surface area contributed by atoms with Gasteiger partial charge in [-0.1, -0.05) is 17.7 Å². The van der Waals surface area contributed by atoms with E-state index in [1.54, 1.807) is 12.1 Å². The van der Waals surface area contributed by atoms with Crippen LogP contribution in [-0.2, 0) is 4.79 Å². The fourth-order valence-electron chi connectivity index (χ4n) is 2.30. The first-order valence-corrected chi connectivity index (χ1v) is 6.94. The van der Waals surface area contributed by atoms with Gasteiger partial charge in [-0.3, -0.25) is 4.79 Å². The van der Waals surface area contributed by atoms with Crippen molar-refractivity contribution in [1.82, 2.24) is 5.32 Å². The number of hydrogen-bond acceptors (Lipinski definition) is 3. The fourth-order valence-corrected chi connectivity index (χ4v) is 2.48. The molecule has 1 aromatic carbocycles. The second-order valence-electron chi connectivity index (χ2n) is 4.87. The molecule has 1 saturated carbocycles. The molecule has 2 rings (SSSR count). The van der Waals surface area contributed by atoms with Crippen LogP contribution in [0.25, 0.3) is 0 Å². The number of benzene rings is 1. The number of carbonyl (C=O) groups is 1. The predicted octanol–water partition coefficient (Wildman–Crippen LogP) is 2.38. The molecule has 0 bridgehead atoms. The van der Waals surface area contributed by atoms with Gasteiger partial charge in [-0.2, -0.15) is 0 Å². The summed E-state index contributed by atoms with van der Waals surface area (Å²) in [5, 5.41) is 3.52. The van der Waals surface area contributed by atoms with Gasteiger partial charge in [0.1, 0.15) is 12.4 Å². The Morgan fingerprint density at radius 3 is 2.90 bits per heavy atom. The van der Waals surface area contributed by atoms with Crippen LogP contribution in [0.3, 0.4) is 0 Å². The highest BCUT2D eigenvalue weighted by Gasteiger charge is 2.27. The van der Waals surface area contributed by atoms with Crippen LogP contribution in [0.4, 0.5) is 0 Å². The highest BCUT2D eigenvalue weighted by Crippen LogP contribution is 2.23. The standard InChI is InChI=1S/C14H19ClN2O2.ClH/c15-11-2-1-3-13(9-11)19-7-6-17-14(18)10-4-5-12(16)8-10;/h1-3,9-10,12H,4-8,16H2,(H,17,18);1H. The summed E-state index contributed by atoms with van der Waals surface area (Å²) in [5.41, 5.74) is 5.79. The van der Waals surface area contributed by atoms with Crippen LogP contribution < -0.4 is 15.8 Å². The summed E-state index contributed by atoms with van der Waals surface area (Å²) < 4.78 is 5.50. The van der Waals surface area contributed by atoms with E-state index < -0.39 is 0 Å². The predicted molar refractivity (Wildman–Crippen MR) is 82.5 cm³/mol. The van der Waals surface area contributed by atoms with Crippen molar-refractivity contribution >= 4 is 29.9 Å². The first-order chi connectivity index (χ1) is 9.15. The summed E-state index contributed by atoms with van der Waals surface area (Å²) in [5.74, 6) is 0.869. The van der Waals surface area contributed by atoms with E-state index in [1.807, 2.05) is 12.1 Å². The molecule has 0 aromatic heterocycles. The van der Waals surface area contributed by atoms with Crippen molar-refractivity contribution < 1.29 is 9.53 Å². The van der Waals surface area contributed by atoms with Crippen LogP contribution in [-0.4, -0.2) is 25.1 Å². The lowest BCUT2D eigenvalue weighted by Crippen LogP contribution is -2.33. The van der Waals surface area contributed by atoms with Crippen molar-refractivity contribution in [2.45, 2.75) is 25.3 Å². The Hall–Kier alpha value is -0.970. The normalized spacial score (nSPS) is 21.1. The van der Waals surface area contributed by atoms with Crippen LogP contribution in [0.5, 0.6) is 5.75 Å². The highest BCUT2D eigenvalue weighted by molar-refractivity contribution is 6.30. The number of ether oxygens (including phenoxy) is 1. The van der Waals surface area contributed by atoms with Crippen LogP contribution >= 0.6 is 24.0 Å². The summed E-state index contributed by atoms with van der Waals surface area (Å²) in [6.07, 6.45) is 2.63. The molecule has 1 aromatic rings. The second-order valence-corrected chi connectivity index (χ2v) is 5.30. The Morgan fingerprint density at radius 2 is 2.25 bits per heavy atom. The van der Waals surface area contributed by atoms with Gasteiger partial charge in [0.25, 0.3) is 0 Å². The smallest absolute Gasteiger partial charge is 0.223 e. The van der Waals surface area contributed by atoms with E-state index in [9.17, 15) is 4.79 Å². The molecule has 2 unspecified atom stereocenters. The summed E-state index contributed by atoms with van der Waals surface area (Å²) in [4.78, 5) is 11.8. The molecule has 2 atom stereocenters. The average molecular weight is 319 g/mol. The molecule has 1 aliphatic carbocycles. The molecule has 6 heteroatoms. The molecule has 0 saturated heterocycles. The van der Waals surface area contributed by atoms with E-state index >= 15 is 0 Å². The zero-order valence-corrected chi connectivity index (χ0v) is 12.8. The Morgan fingerprint density at radius 1 is 1.45 bits per heavy atom. The summed E-state index contributed by atoms with van der Waals surface area (Å²) in [6.45, 7) is 0.932. The Labute approximate surface area is 130 Å². The van der Waals surface area contributed by atoms with E-state index in [0.717, 1.165) is 19.3 Å². The molecule has 0 radical (unpaired) electrons. The minimum atomic E-state index is 0. The van der Waals surface area contributed by atoms with E-state index in [2.05, 4.69) is 5.32 Å². The van der Waals surface area contributed by atoms with E-state index in [-0.39, 0.29) is 30.3 Å². The highest BCUT2D eigenvalue weighted by atomic mass is 35.5. The minimum absolute atomic E-state index is 0. The number of amides is 1. The maximum atomic E-state index is 11.8. The zero-order chi connectivity index (χ0) is 13.7. The first kappa shape index (κ1) is 17.1. The Kier molecular flexibility index (Phi) is 7.13. The molecular formula is C14H20Cl2N2O2. The molecule has 112 valence electrons. The van der Waals surface area contributed by atoms with Crippen molar-refractivity contribution in [3.8, 4) is 5.75 Å². The molecule has 1 fully saturated rings. The summed E-state index contributed by atoms with van der Waals surface area (Å²) in [6, 6.07) is 7.39. The van der Waals surface area contributed by atoms with Crippen LogP contribution in [0.15, 0.2) is 24.3 Å². The lowest BCUT2D eigenvalue weighted by atomic mass is 10.1. The Bertz CT molecular complexity index is 443. The van der Waals surface area contributed by atoms with Crippen LogP contribution in [0.1, 0.15) is 19.3 Å². The number of hydrogen-bond donors (Lipinski definition) is 2. The largest absolute Gasteiger partial charge is 0.492 e. The van der Waals surface area contributed by atoms with Crippen molar-refractivity contribution in [3.63, 3.8) is 0 Å². The molecule has 20 heavy (non-hydrogen) atoms. The van der Waals surface area contributed by atoms with E-state index in [1.165, 1.54) is 0 Å². The molecule has 0 heterocycles. The van der Waals surface area contributed by atoms with E-state index in [0.29, 0.717) is 23.9 Å². The third-order valence-corrected chi connectivity index (χ3v) is 3.55. The number of nitrogens with one attached hydrogen (secondary N) is 1. The zero-order valence-electron chi connectivity index (χ0n) is 11.2. The topological polar surface area (TPSA) is 64.4 Å². The number of nitrogens with two attached hydrogens (primary N) is 1. The molecule has 1 amide bonds. The average Bonchev–Trinajstić information content (AvgIpc) is 2.81. The first-order valence-electron chi connectivity index (χ1n) is 6.57. The minimum Gasteiger partial charge on any atom is -0.492 e.